The number of carbonyl (C=O) groups excluding carboxylic acids is 1. The molecule has 0 bridgehead atoms. The fourth-order valence-electron chi connectivity index (χ4n) is 3.47. The summed E-state index contributed by atoms with van der Waals surface area (Å²) in [5, 5.41) is 5.64. The molecule has 0 radical (unpaired) electrons. The number of rotatable bonds is 4. The zero-order chi connectivity index (χ0) is 15.4. The second-order valence-electron chi connectivity index (χ2n) is 6.22. The Morgan fingerprint density at radius 2 is 2.00 bits per heavy atom. The molecule has 1 aliphatic rings. The quantitative estimate of drug-likeness (QED) is 0.932. The Morgan fingerprint density at radius 3 is 2.83 bits per heavy atom. The van der Waals surface area contributed by atoms with E-state index in [2.05, 4.69) is 29.6 Å². The highest BCUT2D eigenvalue weighted by Gasteiger charge is 2.23. The van der Waals surface area contributed by atoms with Crippen LogP contribution in [0.25, 0.3) is 10.8 Å². The van der Waals surface area contributed by atoms with Crippen LogP contribution in [0.15, 0.2) is 42.5 Å². The average Bonchev–Trinajstić information content (AvgIpc) is 2.56. The number of carbonyl (C=O) groups is 1. The highest BCUT2D eigenvalue weighted by molar-refractivity contribution is 5.90. The zero-order valence-corrected chi connectivity index (χ0v) is 14.4. The Balaban J connectivity index is 0.00000192. The van der Waals surface area contributed by atoms with Gasteiger partial charge < -0.3 is 10.2 Å². The van der Waals surface area contributed by atoms with E-state index in [4.69, 9.17) is 0 Å². The Hall–Kier alpha value is -1.58. The van der Waals surface area contributed by atoms with Crippen LogP contribution in [0.3, 0.4) is 0 Å². The van der Waals surface area contributed by atoms with Crippen LogP contribution in [0.1, 0.15) is 18.4 Å². The maximum Gasteiger partial charge on any atom is 0.227 e. The summed E-state index contributed by atoms with van der Waals surface area (Å²) < 4.78 is 0. The molecule has 0 spiro atoms. The first-order valence-corrected chi connectivity index (χ1v) is 8.17. The van der Waals surface area contributed by atoms with E-state index in [1.807, 2.05) is 30.1 Å². The van der Waals surface area contributed by atoms with Crippen LogP contribution in [-0.4, -0.2) is 37.5 Å². The van der Waals surface area contributed by atoms with Gasteiger partial charge in [0.15, 0.2) is 0 Å². The van der Waals surface area contributed by atoms with Gasteiger partial charge in [0, 0.05) is 13.1 Å². The lowest BCUT2D eigenvalue weighted by molar-refractivity contribution is -0.132. The van der Waals surface area contributed by atoms with Crippen LogP contribution < -0.4 is 5.32 Å². The minimum absolute atomic E-state index is 0. The van der Waals surface area contributed by atoms with Crippen LogP contribution in [0.5, 0.6) is 0 Å². The SMILES string of the molecule is CNCC1CCCN(C(=O)Cc2cccc3ccccc23)C1.Cl. The summed E-state index contributed by atoms with van der Waals surface area (Å²) in [5.41, 5.74) is 1.14. The van der Waals surface area contributed by atoms with Gasteiger partial charge in [0.1, 0.15) is 0 Å². The molecule has 2 aromatic rings. The topological polar surface area (TPSA) is 32.3 Å². The number of hydrogen-bond donors (Lipinski definition) is 1. The number of benzene rings is 2. The predicted molar refractivity (Wildman–Crippen MR) is 98.1 cm³/mol. The van der Waals surface area contributed by atoms with Crippen molar-refractivity contribution in [3.63, 3.8) is 0 Å². The number of fused-ring (bicyclic) bond motifs is 1. The summed E-state index contributed by atoms with van der Waals surface area (Å²) >= 11 is 0. The summed E-state index contributed by atoms with van der Waals surface area (Å²) in [6, 6.07) is 14.5. The molecule has 1 fully saturated rings. The lowest BCUT2D eigenvalue weighted by Gasteiger charge is -2.33. The number of likely N-dealkylation sites (tertiary alicyclic amines) is 1. The summed E-state index contributed by atoms with van der Waals surface area (Å²) in [6.45, 7) is 2.80. The molecule has 1 aliphatic heterocycles. The fraction of sp³-hybridized carbons (Fsp3) is 0.421. The van der Waals surface area contributed by atoms with E-state index in [0.717, 1.165) is 31.6 Å². The summed E-state index contributed by atoms with van der Waals surface area (Å²) in [6.07, 6.45) is 2.85. The molecule has 23 heavy (non-hydrogen) atoms. The molecule has 3 rings (SSSR count). The highest BCUT2D eigenvalue weighted by atomic mass is 35.5. The third-order valence-corrected chi connectivity index (χ3v) is 4.59. The number of nitrogens with zero attached hydrogens (tertiary/aromatic N) is 1. The molecule has 1 amide bonds. The standard InChI is InChI=1S/C19H24N2O.ClH/c1-20-13-15-6-5-11-21(14-15)19(22)12-17-9-4-8-16-7-2-3-10-18(16)17;/h2-4,7-10,15,20H,5-6,11-14H2,1H3;1H. The van der Waals surface area contributed by atoms with Gasteiger partial charge in [0.2, 0.25) is 5.91 Å². The van der Waals surface area contributed by atoms with Gasteiger partial charge >= 0.3 is 0 Å². The Labute approximate surface area is 144 Å². The van der Waals surface area contributed by atoms with Gasteiger partial charge in [-0.2, -0.15) is 0 Å². The number of nitrogens with one attached hydrogen (secondary N) is 1. The molecule has 0 aromatic heterocycles. The van der Waals surface area contributed by atoms with Gasteiger partial charge in [-0.05, 0) is 48.7 Å². The first-order valence-electron chi connectivity index (χ1n) is 8.17. The minimum atomic E-state index is 0. The number of amides is 1. The largest absolute Gasteiger partial charge is 0.342 e. The summed E-state index contributed by atoms with van der Waals surface area (Å²) in [5.74, 6) is 0.854. The number of hydrogen-bond acceptors (Lipinski definition) is 2. The average molecular weight is 333 g/mol. The van der Waals surface area contributed by atoms with Crippen molar-refractivity contribution in [2.24, 2.45) is 5.92 Å². The Morgan fingerprint density at radius 1 is 1.22 bits per heavy atom. The molecule has 124 valence electrons. The summed E-state index contributed by atoms with van der Waals surface area (Å²) in [4.78, 5) is 14.7. The van der Waals surface area contributed by atoms with E-state index in [0.29, 0.717) is 12.3 Å². The fourth-order valence-corrected chi connectivity index (χ4v) is 3.47. The lowest BCUT2D eigenvalue weighted by Crippen LogP contribution is -2.43. The normalized spacial score (nSPS) is 17.8. The zero-order valence-electron chi connectivity index (χ0n) is 13.6. The highest BCUT2D eigenvalue weighted by Crippen LogP contribution is 2.21. The molecule has 4 heteroatoms. The second kappa shape index (κ2) is 8.32. The van der Waals surface area contributed by atoms with E-state index < -0.39 is 0 Å². The van der Waals surface area contributed by atoms with Crippen molar-refractivity contribution in [3.05, 3.63) is 48.0 Å². The van der Waals surface area contributed by atoms with E-state index in [-0.39, 0.29) is 18.3 Å². The smallest absolute Gasteiger partial charge is 0.227 e. The van der Waals surface area contributed by atoms with Crippen LogP contribution in [0.2, 0.25) is 0 Å². The molecule has 1 unspecified atom stereocenters. The van der Waals surface area contributed by atoms with Crippen molar-refractivity contribution in [1.29, 1.82) is 0 Å². The third-order valence-electron chi connectivity index (χ3n) is 4.59. The van der Waals surface area contributed by atoms with Crippen LogP contribution >= 0.6 is 12.4 Å². The maximum absolute atomic E-state index is 12.7. The number of piperidine rings is 1. The van der Waals surface area contributed by atoms with Crippen molar-refractivity contribution >= 4 is 29.1 Å². The van der Waals surface area contributed by atoms with Gasteiger partial charge in [-0.25, -0.2) is 0 Å². The monoisotopic (exact) mass is 332 g/mol. The molecule has 2 aromatic carbocycles. The molecular weight excluding hydrogens is 308 g/mol. The van der Waals surface area contributed by atoms with Crippen molar-refractivity contribution in [3.8, 4) is 0 Å². The maximum atomic E-state index is 12.7. The lowest BCUT2D eigenvalue weighted by atomic mass is 9.96. The van der Waals surface area contributed by atoms with E-state index in [1.54, 1.807) is 0 Å². The molecule has 0 aliphatic carbocycles. The first kappa shape index (κ1) is 17.8. The third kappa shape index (κ3) is 4.24. The van der Waals surface area contributed by atoms with E-state index in [1.165, 1.54) is 17.2 Å². The molecular formula is C19H25ClN2O. The van der Waals surface area contributed by atoms with Crippen molar-refractivity contribution < 1.29 is 4.79 Å². The van der Waals surface area contributed by atoms with Gasteiger partial charge in [-0.1, -0.05) is 42.5 Å². The predicted octanol–water partition coefficient (Wildman–Crippen LogP) is 3.26. The molecule has 1 saturated heterocycles. The van der Waals surface area contributed by atoms with E-state index >= 15 is 0 Å². The first-order chi connectivity index (χ1) is 10.8. The van der Waals surface area contributed by atoms with Crippen LogP contribution in [-0.2, 0) is 11.2 Å². The molecule has 1 atom stereocenters. The van der Waals surface area contributed by atoms with Crippen molar-refractivity contribution in [2.45, 2.75) is 19.3 Å². The molecule has 3 nitrogen and oxygen atoms in total. The van der Waals surface area contributed by atoms with Gasteiger partial charge in [0.05, 0.1) is 6.42 Å². The summed E-state index contributed by atoms with van der Waals surface area (Å²) in [7, 11) is 1.98. The van der Waals surface area contributed by atoms with Crippen molar-refractivity contribution in [2.75, 3.05) is 26.7 Å². The second-order valence-corrected chi connectivity index (χ2v) is 6.22. The molecule has 1 N–H and O–H groups in total. The number of halogens is 1. The van der Waals surface area contributed by atoms with Gasteiger partial charge in [-0.3, -0.25) is 4.79 Å². The Kier molecular flexibility index (Phi) is 6.43. The molecule has 0 saturated carbocycles. The minimum Gasteiger partial charge on any atom is -0.342 e. The van der Waals surface area contributed by atoms with E-state index in [9.17, 15) is 4.79 Å². The van der Waals surface area contributed by atoms with Gasteiger partial charge in [0.25, 0.3) is 0 Å². The van der Waals surface area contributed by atoms with Crippen LogP contribution in [0.4, 0.5) is 0 Å². The molecule has 1 heterocycles. The van der Waals surface area contributed by atoms with Crippen molar-refractivity contribution in [1.82, 2.24) is 10.2 Å². The Bertz CT molecular complexity index is 651. The van der Waals surface area contributed by atoms with Crippen LogP contribution in [0, 0.1) is 5.92 Å². The van der Waals surface area contributed by atoms with Gasteiger partial charge in [-0.15, -0.1) is 12.4 Å².